The molecule has 37 heavy (non-hydrogen) atoms. The Morgan fingerprint density at radius 3 is 2.81 bits per heavy atom. The van der Waals surface area contributed by atoms with Crippen molar-refractivity contribution in [1.29, 1.82) is 5.26 Å². The predicted molar refractivity (Wildman–Crippen MR) is 130 cm³/mol. The summed E-state index contributed by atoms with van der Waals surface area (Å²) in [5.41, 5.74) is 1.79. The van der Waals surface area contributed by atoms with Crippen LogP contribution in [-0.4, -0.2) is 45.5 Å². The molecule has 0 bridgehead atoms. The van der Waals surface area contributed by atoms with E-state index in [0.29, 0.717) is 40.6 Å². The average molecular weight is 509 g/mol. The van der Waals surface area contributed by atoms with E-state index in [1.807, 2.05) is 6.07 Å². The summed E-state index contributed by atoms with van der Waals surface area (Å²) < 4.78 is 45.0. The molecule has 0 saturated carbocycles. The summed E-state index contributed by atoms with van der Waals surface area (Å²) in [7, 11) is 0. The third-order valence-corrected chi connectivity index (χ3v) is 6.16. The van der Waals surface area contributed by atoms with E-state index in [-0.39, 0.29) is 17.8 Å². The fourth-order valence-electron chi connectivity index (χ4n) is 4.35. The molecule has 2 aromatic heterocycles. The molecule has 1 saturated heterocycles. The quantitative estimate of drug-likeness (QED) is 0.348. The maximum atomic E-state index is 13.2. The highest BCUT2D eigenvalue weighted by molar-refractivity contribution is 5.71. The van der Waals surface area contributed by atoms with E-state index in [1.54, 1.807) is 24.3 Å². The number of nitrogens with one attached hydrogen (secondary N) is 3. The van der Waals surface area contributed by atoms with Gasteiger partial charge < -0.3 is 20.4 Å². The first-order chi connectivity index (χ1) is 17.8. The van der Waals surface area contributed by atoms with Gasteiger partial charge >= 0.3 is 12.1 Å². The van der Waals surface area contributed by atoms with Crippen molar-refractivity contribution >= 4 is 17.1 Å². The second-order valence-electron chi connectivity index (χ2n) is 8.75. The van der Waals surface area contributed by atoms with E-state index in [9.17, 15) is 23.2 Å². The van der Waals surface area contributed by atoms with Crippen LogP contribution in [0.3, 0.4) is 0 Å². The first-order valence-corrected chi connectivity index (χ1v) is 11.6. The van der Waals surface area contributed by atoms with Crippen molar-refractivity contribution in [2.45, 2.75) is 19.3 Å². The fraction of sp³-hybridized carbons (Fsp3) is 0.280. The highest BCUT2D eigenvalue weighted by atomic mass is 19.4. The molecular weight excluding hydrogens is 487 g/mol. The van der Waals surface area contributed by atoms with Crippen molar-refractivity contribution in [3.05, 3.63) is 70.3 Å². The first-order valence-electron chi connectivity index (χ1n) is 11.6. The van der Waals surface area contributed by atoms with E-state index in [1.165, 1.54) is 29.0 Å². The monoisotopic (exact) mass is 509 g/mol. The van der Waals surface area contributed by atoms with Crippen molar-refractivity contribution in [3.8, 4) is 22.9 Å². The van der Waals surface area contributed by atoms with Crippen LogP contribution in [-0.2, 0) is 6.54 Å². The smallest absolute Gasteiger partial charge is 0.405 e. The molecule has 2 aromatic carbocycles. The van der Waals surface area contributed by atoms with Crippen LogP contribution >= 0.6 is 0 Å². The number of ether oxygens (including phenoxy) is 1. The standard InChI is InChI=1S/C25H22F3N7O2/c26-25(27,28)37-21-5-4-18(17-3-1-2-15(8-17)10-29)9-19(21)14-35-22-20(33-24(35)36)13-32-23(34-22)31-12-16-6-7-30-11-16/h1-5,8-9,13,16,30H,6-7,11-12,14H2,(H,33,36)(H,31,32,34)/t16-/m1/s1. The third-order valence-electron chi connectivity index (χ3n) is 6.16. The Labute approximate surface area is 208 Å². The minimum absolute atomic E-state index is 0.116. The zero-order valence-electron chi connectivity index (χ0n) is 19.5. The topological polar surface area (TPSA) is 121 Å². The number of rotatable bonds is 7. The van der Waals surface area contributed by atoms with E-state index < -0.39 is 17.8 Å². The van der Waals surface area contributed by atoms with Gasteiger partial charge in [0.25, 0.3) is 0 Å². The summed E-state index contributed by atoms with van der Waals surface area (Å²) in [6.45, 7) is 2.26. The summed E-state index contributed by atoms with van der Waals surface area (Å²) >= 11 is 0. The number of imidazole rings is 1. The van der Waals surface area contributed by atoms with Crippen LogP contribution in [0, 0.1) is 17.2 Å². The molecule has 9 nitrogen and oxygen atoms in total. The van der Waals surface area contributed by atoms with Crippen molar-refractivity contribution < 1.29 is 17.9 Å². The Hall–Kier alpha value is -4.37. The first kappa shape index (κ1) is 24.3. The van der Waals surface area contributed by atoms with Crippen LogP contribution < -0.4 is 21.1 Å². The molecule has 3 N–H and O–H groups in total. The van der Waals surface area contributed by atoms with Crippen molar-refractivity contribution in [2.75, 3.05) is 25.0 Å². The molecule has 1 aliphatic heterocycles. The lowest BCUT2D eigenvalue weighted by molar-refractivity contribution is -0.274. The number of anilines is 1. The van der Waals surface area contributed by atoms with E-state index in [4.69, 9.17) is 0 Å². The molecule has 1 fully saturated rings. The molecule has 5 rings (SSSR count). The SMILES string of the molecule is N#Cc1cccc(-c2ccc(OC(F)(F)F)c(Cn3c(=O)[nH]c4cnc(NC[C@@H]5CCNC5)nc43)c2)c1. The number of halogens is 3. The second-order valence-corrected chi connectivity index (χ2v) is 8.75. The average Bonchev–Trinajstić information content (AvgIpc) is 3.50. The van der Waals surface area contributed by atoms with Gasteiger partial charge in [-0.15, -0.1) is 13.2 Å². The molecule has 4 aromatic rings. The van der Waals surface area contributed by atoms with Gasteiger partial charge in [-0.2, -0.15) is 10.2 Å². The van der Waals surface area contributed by atoms with E-state index in [0.717, 1.165) is 19.5 Å². The Morgan fingerprint density at radius 1 is 1.22 bits per heavy atom. The largest absolute Gasteiger partial charge is 0.573 e. The highest BCUT2D eigenvalue weighted by Gasteiger charge is 2.32. The van der Waals surface area contributed by atoms with Crippen LogP contribution in [0.4, 0.5) is 19.1 Å². The number of H-pyrrole nitrogens is 1. The van der Waals surface area contributed by atoms with E-state index >= 15 is 0 Å². The number of hydrogen-bond acceptors (Lipinski definition) is 7. The molecule has 0 amide bonds. The minimum atomic E-state index is -4.92. The van der Waals surface area contributed by atoms with Gasteiger partial charge in [0.2, 0.25) is 5.95 Å². The molecule has 12 heteroatoms. The third kappa shape index (κ3) is 5.57. The Bertz CT molecular complexity index is 1530. The van der Waals surface area contributed by atoms with Gasteiger partial charge in [-0.3, -0.25) is 4.57 Å². The lowest BCUT2D eigenvalue weighted by atomic mass is 10.0. The van der Waals surface area contributed by atoms with Gasteiger partial charge in [0.05, 0.1) is 24.4 Å². The lowest BCUT2D eigenvalue weighted by Gasteiger charge is -2.15. The normalized spacial score (nSPS) is 15.6. The maximum Gasteiger partial charge on any atom is 0.573 e. The minimum Gasteiger partial charge on any atom is -0.405 e. The number of aromatic amines is 1. The van der Waals surface area contributed by atoms with Gasteiger partial charge in [0, 0.05) is 12.1 Å². The fourth-order valence-corrected chi connectivity index (χ4v) is 4.35. The number of alkyl halides is 3. The van der Waals surface area contributed by atoms with Gasteiger partial charge in [-0.1, -0.05) is 18.2 Å². The summed E-state index contributed by atoms with van der Waals surface area (Å²) in [5, 5.41) is 15.7. The summed E-state index contributed by atoms with van der Waals surface area (Å²) in [6.07, 6.45) is -2.43. The predicted octanol–water partition coefficient (Wildman–Crippen LogP) is 3.63. The number of benzene rings is 2. The molecule has 1 atom stereocenters. The van der Waals surface area contributed by atoms with Crippen molar-refractivity contribution in [3.63, 3.8) is 0 Å². The Kier molecular flexibility index (Phi) is 6.54. The van der Waals surface area contributed by atoms with Gasteiger partial charge in [-0.25, -0.2) is 9.78 Å². The molecular formula is C25H22F3N7O2. The van der Waals surface area contributed by atoms with Crippen LogP contribution in [0.25, 0.3) is 22.3 Å². The lowest BCUT2D eigenvalue weighted by Crippen LogP contribution is -2.21. The molecule has 0 radical (unpaired) electrons. The number of nitriles is 1. The zero-order chi connectivity index (χ0) is 26.0. The van der Waals surface area contributed by atoms with Gasteiger partial charge in [0.15, 0.2) is 5.65 Å². The zero-order valence-corrected chi connectivity index (χ0v) is 19.5. The van der Waals surface area contributed by atoms with E-state index in [2.05, 4.69) is 30.3 Å². The Morgan fingerprint density at radius 2 is 2.05 bits per heavy atom. The maximum absolute atomic E-state index is 13.2. The number of aromatic nitrogens is 4. The van der Waals surface area contributed by atoms with Gasteiger partial charge in [-0.05, 0) is 60.8 Å². The van der Waals surface area contributed by atoms with Crippen LogP contribution in [0.2, 0.25) is 0 Å². The molecule has 3 heterocycles. The molecule has 0 spiro atoms. The van der Waals surface area contributed by atoms with Crippen molar-refractivity contribution in [2.24, 2.45) is 5.92 Å². The van der Waals surface area contributed by atoms with Gasteiger partial charge in [0.1, 0.15) is 11.3 Å². The molecule has 0 unspecified atom stereocenters. The molecule has 190 valence electrons. The van der Waals surface area contributed by atoms with Crippen LogP contribution in [0.5, 0.6) is 5.75 Å². The highest BCUT2D eigenvalue weighted by Crippen LogP contribution is 2.32. The van der Waals surface area contributed by atoms with Crippen LogP contribution in [0.1, 0.15) is 17.5 Å². The Balaban J connectivity index is 1.51. The number of hydrogen-bond donors (Lipinski definition) is 3. The second kappa shape index (κ2) is 9.94. The van der Waals surface area contributed by atoms with Crippen LogP contribution in [0.15, 0.2) is 53.5 Å². The summed E-state index contributed by atoms with van der Waals surface area (Å²) in [4.78, 5) is 24.1. The summed E-state index contributed by atoms with van der Waals surface area (Å²) in [6, 6.07) is 12.9. The number of nitrogens with zero attached hydrogens (tertiary/aromatic N) is 4. The molecule has 0 aliphatic carbocycles. The van der Waals surface area contributed by atoms with Crippen molar-refractivity contribution in [1.82, 2.24) is 24.8 Å². The number of fused-ring (bicyclic) bond motifs is 1. The summed E-state index contributed by atoms with van der Waals surface area (Å²) in [5.74, 6) is 0.313. The molecule has 1 aliphatic rings.